The molecule has 0 radical (unpaired) electrons. The predicted molar refractivity (Wildman–Crippen MR) is 68.9 cm³/mol. The van der Waals surface area contributed by atoms with Gasteiger partial charge in [-0.1, -0.05) is 0 Å². The fraction of sp³-hybridized carbons (Fsp3) is 0.846. The minimum atomic E-state index is -0.0184. The number of piperazine rings is 1. The van der Waals surface area contributed by atoms with E-state index >= 15 is 0 Å². The summed E-state index contributed by atoms with van der Waals surface area (Å²) in [5.41, 5.74) is 0. The van der Waals surface area contributed by atoms with Crippen LogP contribution in [-0.4, -0.2) is 60.5 Å². The van der Waals surface area contributed by atoms with Crippen molar-refractivity contribution < 1.29 is 4.79 Å². The summed E-state index contributed by atoms with van der Waals surface area (Å²) < 4.78 is 0. The molecular weight excluding hydrogens is 228 g/mol. The first-order valence-electron chi connectivity index (χ1n) is 6.88. The lowest BCUT2D eigenvalue weighted by Gasteiger charge is -2.39. The van der Waals surface area contributed by atoms with E-state index in [9.17, 15) is 4.79 Å². The normalized spacial score (nSPS) is 29.1. The molecule has 2 unspecified atom stereocenters. The number of amides is 1. The van der Waals surface area contributed by atoms with Crippen LogP contribution in [-0.2, 0) is 4.79 Å². The summed E-state index contributed by atoms with van der Waals surface area (Å²) in [5.74, 6) is 0.189. The average Bonchev–Trinajstić information content (AvgIpc) is 2.63. The van der Waals surface area contributed by atoms with Crippen LogP contribution >= 0.6 is 0 Å². The number of carbonyl (C=O) groups excluding carboxylic acids is 1. The summed E-state index contributed by atoms with van der Waals surface area (Å²) in [6.45, 7) is 6.32. The third kappa shape index (κ3) is 3.01. The van der Waals surface area contributed by atoms with Gasteiger partial charge in [0.2, 0.25) is 5.91 Å². The largest absolute Gasteiger partial charge is 0.355 e. The molecule has 0 aromatic rings. The number of hydrogen-bond donors (Lipinski definition) is 1. The van der Waals surface area contributed by atoms with Gasteiger partial charge >= 0.3 is 0 Å². The van der Waals surface area contributed by atoms with E-state index in [1.807, 2.05) is 6.92 Å². The van der Waals surface area contributed by atoms with Crippen molar-refractivity contribution in [3.05, 3.63) is 0 Å². The minimum absolute atomic E-state index is 0.0184. The first-order chi connectivity index (χ1) is 8.72. The molecule has 2 saturated heterocycles. The van der Waals surface area contributed by atoms with E-state index in [0.29, 0.717) is 0 Å². The number of nitriles is 1. The van der Waals surface area contributed by atoms with Crippen LogP contribution in [0.25, 0.3) is 0 Å². The van der Waals surface area contributed by atoms with Crippen molar-refractivity contribution in [3.8, 4) is 6.07 Å². The molecule has 2 aliphatic rings. The second kappa shape index (κ2) is 6.17. The van der Waals surface area contributed by atoms with Gasteiger partial charge in [0, 0.05) is 32.7 Å². The topological polar surface area (TPSA) is 59.4 Å². The van der Waals surface area contributed by atoms with E-state index in [4.69, 9.17) is 5.26 Å². The Morgan fingerprint density at radius 3 is 2.72 bits per heavy atom. The molecule has 2 fully saturated rings. The molecule has 0 bridgehead atoms. The highest BCUT2D eigenvalue weighted by atomic mass is 16.2. The first kappa shape index (κ1) is 13.3. The maximum Gasteiger partial charge on any atom is 0.237 e. The number of hydrogen-bond acceptors (Lipinski definition) is 4. The molecule has 2 rings (SSSR count). The second-order valence-electron chi connectivity index (χ2n) is 5.18. The van der Waals surface area contributed by atoms with E-state index in [-0.39, 0.29) is 18.0 Å². The Labute approximate surface area is 109 Å². The van der Waals surface area contributed by atoms with Gasteiger partial charge in [-0.3, -0.25) is 14.6 Å². The summed E-state index contributed by atoms with van der Waals surface area (Å²) >= 11 is 0. The first-order valence-corrected chi connectivity index (χ1v) is 6.88. The fourth-order valence-electron chi connectivity index (χ4n) is 2.79. The third-order valence-electron chi connectivity index (χ3n) is 4.03. The van der Waals surface area contributed by atoms with Crippen LogP contribution in [0.2, 0.25) is 0 Å². The number of nitrogens with zero attached hydrogens (tertiary/aromatic N) is 3. The summed E-state index contributed by atoms with van der Waals surface area (Å²) in [4.78, 5) is 16.4. The van der Waals surface area contributed by atoms with Crippen molar-refractivity contribution in [1.82, 2.24) is 15.1 Å². The van der Waals surface area contributed by atoms with E-state index in [1.54, 1.807) is 0 Å². The van der Waals surface area contributed by atoms with Crippen LogP contribution < -0.4 is 5.32 Å². The van der Waals surface area contributed by atoms with Crippen LogP contribution in [0, 0.1) is 11.3 Å². The molecule has 5 nitrogen and oxygen atoms in total. The van der Waals surface area contributed by atoms with Gasteiger partial charge in [0.05, 0.1) is 18.2 Å². The molecular formula is C13H22N4O. The Kier molecular flexibility index (Phi) is 4.56. The zero-order chi connectivity index (χ0) is 13.0. The molecule has 100 valence electrons. The van der Waals surface area contributed by atoms with Gasteiger partial charge in [-0.2, -0.15) is 5.26 Å². The SMILES string of the molecule is CC(C#N)N1CCN(C2CCCCNC2=O)CC1. The van der Waals surface area contributed by atoms with Gasteiger partial charge < -0.3 is 5.32 Å². The molecule has 2 atom stereocenters. The lowest BCUT2D eigenvalue weighted by Crippen LogP contribution is -2.55. The molecule has 0 aromatic heterocycles. The Balaban J connectivity index is 1.88. The highest BCUT2D eigenvalue weighted by molar-refractivity contribution is 5.81. The Bertz CT molecular complexity index is 330. The number of rotatable bonds is 2. The van der Waals surface area contributed by atoms with E-state index in [0.717, 1.165) is 52.0 Å². The van der Waals surface area contributed by atoms with Gasteiger partial charge in [-0.05, 0) is 26.2 Å². The minimum Gasteiger partial charge on any atom is -0.355 e. The molecule has 0 aliphatic carbocycles. The van der Waals surface area contributed by atoms with Crippen LogP contribution in [0.5, 0.6) is 0 Å². The Morgan fingerprint density at radius 2 is 2.06 bits per heavy atom. The van der Waals surface area contributed by atoms with Crippen LogP contribution in [0.15, 0.2) is 0 Å². The van der Waals surface area contributed by atoms with Crippen molar-refractivity contribution in [1.29, 1.82) is 5.26 Å². The third-order valence-corrected chi connectivity index (χ3v) is 4.03. The van der Waals surface area contributed by atoms with Gasteiger partial charge in [0.1, 0.15) is 0 Å². The summed E-state index contributed by atoms with van der Waals surface area (Å²) in [6, 6.07) is 2.31. The van der Waals surface area contributed by atoms with Crippen molar-refractivity contribution in [2.75, 3.05) is 32.7 Å². The molecule has 2 heterocycles. The molecule has 0 spiro atoms. The highest BCUT2D eigenvalue weighted by Crippen LogP contribution is 2.15. The summed E-state index contributed by atoms with van der Waals surface area (Å²) in [7, 11) is 0. The molecule has 18 heavy (non-hydrogen) atoms. The predicted octanol–water partition coefficient (Wildman–Crippen LogP) is 0.185. The van der Waals surface area contributed by atoms with Crippen LogP contribution in [0.3, 0.4) is 0 Å². The molecule has 0 saturated carbocycles. The van der Waals surface area contributed by atoms with Gasteiger partial charge in [-0.15, -0.1) is 0 Å². The molecule has 5 heteroatoms. The van der Waals surface area contributed by atoms with Gasteiger partial charge in [0.15, 0.2) is 0 Å². The number of nitrogens with one attached hydrogen (secondary N) is 1. The van der Waals surface area contributed by atoms with Crippen molar-refractivity contribution >= 4 is 5.91 Å². The molecule has 0 aromatic carbocycles. The van der Waals surface area contributed by atoms with Gasteiger partial charge in [-0.25, -0.2) is 0 Å². The van der Waals surface area contributed by atoms with Crippen LogP contribution in [0.1, 0.15) is 26.2 Å². The van der Waals surface area contributed by atoms with E-state index < -0.39 is 0 Å². The van der Waals surface area contributed by atoms with Crippen molar-refractivity contribution in [2.45, 2.75) is 38.3 Å². The van der Waals surface area contributed by atoms with E-state index in [2.05, 4.69) is 21.2 Å². The zero-order valence-electron chi connectivity index (χ0n) is 11.1. The molecule has 1 N–H and O–H groups in total. The summed E-state index contributed by atoms with van der Waals surface area (Å²) in [5, 5.41) is 11.9. The zero-order valence-corrected chi connectivity index (χ0v) is 11.1. The maximum absolute atomic E-state index is 12.0. The lowest BCUT2D eigenvalue weighted by molar-refractivity contribution is -0.127. The molecule has 1 amide bonds. The van der Waals surface area contributed by atoms with Crippen molar-refractivity contribution in [3.63, 3.8) is 0 Å². The molecule has 2 aliphatic heterocycles. The highest BCUT2D eigenvalue weighted by Gasteiger charge is 2.30. The average molecular weight is 250 g/mol. The van der Waals surface area contributed by atoms with E-state index in [1.165, 1.54) is 0 Å². The number of carbonyl (C=O) groups is 1. The standard InChI is InChI=1S/C13H22N4O/c1-11(10-14)16-6-8-17(9-7-16)12-4-2-3-5-15-13(12)18/h11-12H,2-9H2,1H3,(H,15,18). The van der Waals surface area contributed by atoms with Gasteiger partial charge in [0.25, 0.3) is 0 Å². The maximum atomic E-state index is 12.0. The quantitative estimate of drug-likeness (QED) is 0.760. The monoisotopic (exact) mass is 250 g/mol. The fourth-order valence-corrected chi connectivity index (χ4v) is 2.79. The van der Waals surface area contributed by atoms with Crippen molar-refractivity contribution in [2.24, 2.45) is 0 Å². The Hall–Kier alpha value is -1.12. The summed E-state index contributed by atoms with van der Waals surface area (Å²) in [6.07, 6.45) is 3.19. The van der Waals surface area contributed by atoms with Crippen LogP contribution in [0.4, 0.5) is 0 Å². The second-order valence-corrected chi connectivity index (χ2v) is 5.18. The Morgan fingerprint density at radius 1 is 1.33 bits per heavy atom. The lowest BCUT2D eigenvalue weighted by atomic mass is 10.1. The smallest absolute Gasteiger partial charge is 0.237 e.